The number of halogens is 2. The molecule has 0 atom stereocenters. The third kappa shape index (κ3) is 3.36. The third-order valence-corrected chi connectivity index (χ3v) is 3.12. The number of methoxy groups -OCH3 is 1. The van der Waals surface area contributed by atoms with Crippen molar-refractivity contribution in [1.29, 1.82) is 0 Å². The molecule has 6 heteroatoms. The van der Waals surface area contributed by atoms with Crippen LogP contribution in [0, 0.1) is 0 Å². The molecule has 0 aliphatic carbocycles. The summed E-state index contributed by atoms with van der Waals surface area (Å²) in [7, 11) is 1.51. The highest BCUT2D eigenvalue weighted by Gasteiger charge is 2.08. The van der Waals surface area contributed by atoms with E-state index >= 15 is 0 Å². The number of benzene rings is 1. The summed E-state index contributed by atoms with van der Waals surface area (Å²) in [6.07, 6.45) is 1.44. The lowest BCUT2D eigenvalue weighted by Gasteiger charge is -2.06. The van der Waals surface area contributed by atoms with E-state index in [4.69, 9.17) is 27.9 Å². The quantitative estimate of drug-likeness (QED) is 0.940. The molecule has 1 aromatic carbocycles. The molecular weight excluding hydrogens is 287 g/mol. The summed E-state index contributed by atoms with van der Waals surface area (Å²) in [6, 6.07) is 8.11. The number of carbonyl (C=O) groups is 1. The molecular formula is C13H10Cl2N2O2. The van der Waals surface area contributed by atoms with E-state index in [1.54, 1.807) is 30.3 Å². The standard InChI is InChI=1S/C13H10Cl2N2O2/c1-19-12-5-2-8(7-16-12)13(18)17-9-3-4-10(14)11(15)6-9/h2-7H,1H3,(H,17,18). The molecule has 98 valence electrons. The fraction of sp³-hybridized carbons (Fsp3) is 0.0769. The van der Waals surface area contributed by atoms with E-state index < -0.39 is 0 Å². The fourth-order valence-corrected chi connectivity index (χ4v) is 1.71. The van der Waals surface area contributed by atoms with Crippen LogP contribution in [0.5, 0.6) is 5.88 Å². The predicted molar refractivity (Wildman–Crippen MR) is 75.2 cm³/mol. The van der Waals surface area contributed by atoms with Crippen molar-refractivity contribution in [1.82, 2.24) is 4.98 Å². The van der Waals surface area contributed by atoms with Gasteiger partial charge in [0, 0.05) is 18.0 Å². The number of pyridine rings is 1. The Balaban J connectivity index is 2.13. The van der Waals surface area contributed by atoms with Crippen molar-refractivity contribution in [2.75, 3.05) is 12.4 Å². The Kier molecular flexibility index (Phi) is 4.24. The molecule has 0 saturated heterocycles. The van der Waals surface area contributed by atoms with Gasteiger partial charge >= 0.3 is 0 Å². The Bertz CT molecular complexity index is 600. The second-order valence-corrected chi connectivity index (χ2v) is 4.49. The van der Waals surface area contributed by atoms with Gasteiger partial charge in [-0.3, -0.25) is 4.79 Å². The summed E-state index contributed by atoms with van der Waals surface area (Å²) in [4.78, 5) is 15.9. The average molecular weight is 297 g/mol. The third-order valence-electron chi connectivity index (χ3n) is 2.39. The average Bonchev–Trinajstić information content (AvgIpc) is 2.43. The fourth-order valence-electron chi connectivity index (χ4n) is 1.41. The molecule has 0 unspecified atom stereocenters. The minimum atomic E-state index is -0.284. The number of nitrogens with one attached hydrogen (secondary N) is 1. The maximum atomic E-state index is 11.9. The number of carbonyl (C=O) groups excluding carboxylic acids is 1. The number of hydrogen-bond acceptors (Lipinski definition) is 3. The zero-order chi connectivity index (χ0) is 13.8. The number of ether oxygens (including phenoxy) is 1. The Morgan fingerprint density at radius 1 is 1.21 bits per heavy atom. The number of aromatic nitrogens is 1. The van der Waals surface area contributed by atoms with Gasteiger partial charge in [0.15, 0.2) is 0 Å². The van der Waals surface area contributed by atoms with Gasteiger partial charge in [-0.15, -0.1) is 0 Å². The first kappa shape index (κ1) is 13.6. The molecule has 19 heavy (non-hydrogen) atoms. The molecule has 0 radical (unpaired) electrons. The van der Waals surface area contributed by atoms with Crippen molar-refractivity contribution in [2.45, 2.75) is 0 Å². The van der Waals surface area contributed by atoms with Crippen molar-refractivity contribution in [3.63, 3.8) is 0 Å². The van der Waals surface area contributed by atoms with Crippen LogP contribution < -0.4 is 10.1 Å². The Morgan fingerprint density at radius 3 is 2.58 bits per heavy atom. The number of rotatable bonds is 3. The minimum absolute atomic E-state index is 0.284. The summed E-state index contributed by atoms with van der Waals surface area (Å²) in [5, 5.41) is 3.52. The molecule has 0 spiro atoms. The van der Waals surface area contributed by atoms with Gasteiger partial charge in [-0.1, -0.05) is 23.2 Å². The van der Waals surface area contributed by atoms with Crippen LogP contribution in [0.3, 0.4) is 0 Å². The Labute approximate surface area is 120 Å². The van der Waals surface area contributed by atoms with E-state index in [1.807, 2.05) is 0 Å². The van der Waals surface area contributed by atoms with Crippen LogP contribution in [0.1, 0.15) is 10.4 Å². The Morgan fingerprint density at radius 2 is 2.00 bits per heavy atom. The van der Waals surface area contributed by atoms with Crippen molar-refractivity contribution >= 4 is 34.8 Å². The van der Waals surface area contributed by atoms with Crippen molar-refractivity contribution in [2.24, 2.45) is 0 Å². The van der Waals surface area contributed by atoms with Crippen LogP contribution in [-0.4, -0.2) is 18.0 Å². The maximum Gasteiger partial charge on any atom is 0.257 e. The maximum absolute atomic E-state index is 11.9. The smallest absolute Gasteiger partial charge is 0.257 e. The normalized spacial score (nSPS) is 10.1. The SMILES string of the molecule is COc1ccc(C(=O)Nc2ccc(Cl)c(Cl)c2)cn1. The highest BCUT2D eigenvalue weighted by Crippen LogP contribution is 2.25. The molecule has 1 heterocycles. The van der Waals surface area contributed by atoms with Crippen LogP contribution in [0.15, 0.2) is 36.5 Å². The van der Waals surface area contributed by atoms with Gasteiger partial charge in [-0.05, 0) is 24.3 Å². The molecule has 4 nitrogen and oxygen atoms in total. The van der Waals surface area contributed by atoms with Crippen LogP contribution in [-0.2, 0) is 0 Å². The highest BCUT2D eigenvalue weighted by atomic mass is 35.5. The van der Waals surface area contributed by atoms with E-state index in [-0.39, 0.29) is 5.91 Å². The van der Waals surface area contributed by atoms with Crippen LogP contribution in [0.4, 0.5) is 5.69 Å². The van der Waals surface area contributed by atoms with E-state index in [0.29, 0.717) is 27.2 Å². The predicted octanol–water partition coefficient (Wildman–Crippen LogP) is 3.65. The summed E-state index contributed by atoms with van der Waals surface area (Å²) in [6.45, 7) is 0. The van der Waals surface area contributed by atoms with Gasteiger partial charge in [-0.25, -0.2) is 4.98 Å². The summed E-state index contributed by atoms with van der Waals surface area (Å²) in [5.41, 5.74) is 0.988. The van der Waals surface area contributed by atoms with Crippen LogP contribution in [0.2, 0.25) is 10.0 Å². The molecule has 0 saturated carbocycles. The molecule has 0 bridgehead atoms. The zero-order valence-corrected chi connectivity index (χ0v) is 11.5. The molecule has 0 aliphatic heterocycles. The van der Waals surface area contributed by atoms with Crippen LogP contribution in [0.25, 0.3) is 0 Å². The van der Waals surface area contributed by atoms with Crippen molar-refractivity contribution in [3.05, 3.63) is 52.1 Å². The van der Waals surface area contributed by atoms with Gasteiger partial charge in [0.1, 0.15) is 0 Å². The van der Waals surface area contributed by atoms with E-state index in [2.05, 4.69) is 10.3 Å². The monoisotopic (exact) mass is 296 g/mol. The van der Waals surface area contributed by atoms with Crippen molar-refractivity contribution < 1.29 is 9.53 Å². The zero-order valence-electron chi connectivity index (χ0n) is 9.98. The lowest BCUT2D eigenvalue weighted by molar-refractivity contribution is 0.102. The summed E-state index contributed by atoms with van der Waals surface area (Å²) < 4.78 is 4.92. The second kappa shape index (κ2) is 5.91. The second-order valence-electron chi connectivity index (χ2n) is 3.67. The highest BCUT2D eigenvalue weighted by molar-refractivity contribution is 6.42. The number of anilines is 1. The minimum Gasteiger partial charge on any atom is -0.481 e. The van der Waals surface area contributed by atoms with Crippen molar-refractivity contribution in [3.8, 4) is 5.88 Å². The molecule has 1 amide bonds. The topological polar surface area (TPSA) is 51.2 Å². The molecule has 0 fully saturated rings. The van der Waals surface area contributed by atoms with E-state index in [9.17, 15) is 4.79 Å². The molecule has 2 aromatic rings. The lowest BCUT2D eigenvalue weighted by atomic mass is 10.2. The molecule has 2 rings (SSSR count). The summed E-state index contributed by atoms with van der Waals surface area (Å²) in [5.74, 6) is 0.166. The number of nitrogens with zero attached hydrogens (tertiary/aromatic N) is 1. The number of amides is 1. The Hall–Kier alpha value is -1.78. The number of hydrogen-bond donors (Lipinski definition) is 1. The van der Waals surface area contributed by atoms with Crippen LogP contribution >= 0.6 is 23.2 Å². The van der Waals surface area contributed by atoms with E-state index in [1.165, 1.54) is 13.3 Å². The first-order chi connectivity index (χ1) is 9.10. The molecule has 0 aliphatic rings. The summed E-state index contributed by atoms with van der Waals surface area (Å²) >= 11 is 11.7. The molecule has 1 N–H and O–H groups in total. The van der Waals surface area contributed by atoms with Gasteiger partial charge in [0.2, 0.25) is 5.88 Å². The molecule has 1 aromatic heterocycles. The van der Waals surface area contributed by atoms with E-state index in [0.717, 1.165) is 0 Å². The lowest BCUT2D eigenvalue weighted by Crippen LogP contribution is -2.12. The first-order valence-electron chi connectivity index (χ1n) is 5.36. The van der Waals surface area contributed by atoms with Gasteiger partial charge in [0.25, 0.3) is 5.91 Å². The van der Waals surface area contributed by atoms with Gasteiger partial charge < -0.3 is 10.1 Å². The van der Waals surface area contributed by atoms with Gasteiger partial charge in [-0.2, -0.15) is 0 Å². The van der Waals surface area contributed by atoms with Gasteiger partial charge in [0.05, 0.1) is 22.7 Å². The largest absolute Gasteiger partial charge is 0.481 e. The first-order valence-corrected chi connectivity index (χ1v) is 6.12.